The quantitative estimate of drug-likeness (QED) is 0.130. The van der Waals surface area contributed by atoms with Crippen molar-refractivity contribution >= 4 is 0 Å². The van der Waals surface area contributed by atoms with Crippen molar-refractivity contribution in [1.29, 1.82) is 0 Å². The molecule has 0 amide bonds. The SMILES string of the molecule is CC(CC1CC(N)C(OC(C)C(N)CO)C(O)C1O)C1CC(N)C(OC(C)C(N)CO)C(O)C1O. The minimum Gasteiger partial charge on any atom is -0.395 e. The van der Waals surface area contributed by atoms with Crippen molar-refractivity contribution in [2.45, 2.75) is 113 Å². The number of ether oxygens (including phenoxy) is 2. The molecule has 2 saturated carbocycles. The van der Waals surface area contributed by atoms with Gasteiger partial charge in [0.05, 0.1) is 49.7 Å². The van der Waals surface area contributed by atoms with Crippen LogP contribution in [0.5, 0.6) is 0 Å². The number of aliphatic hydroxyl groups is 6. The second kappa shape index (κ2) is 13.4. The third-order valence-electron chi connectivity index (χ3n) is 8.03. The van der Waals surface area contributed by atoms with Crippen LogP contribution in [-0.4, -0.2) is 117 Å². The van der Waals surface area contributed by atoms with Crippen LogP contribution in [0.25, 0.3) is 0 Å². The zero-order valence-electron chi connectivity index (χ0n) is 21.0. The molecule has 0 heterocycles. The molecule has 0 bridgehead atoms. The van der Waals surface area contributed by atoms with Crippen LogP contribution in [0.2, 0.25) is 0 Å². The highest BCUT2D eigenvalue weighted by molar-refractivity contribution is 5.00. The molecule has 2 aliphatic carbocycles. The van der Waals surface area contributed by atoms with Gasteiger partial charge in [-0.1, -0.05) is 6.92 Å². The maximum atomic E-state index is 10.9. The van der Waals surface area contributed by atoms with Crippen LogP contribution in [-0.2, 0) is 9.47 Å². The van der Waals surface area contributed by atoms with Gasteiger partial charge in [0.1, 0.15) is 24.4 Å². The Labute approximate surface area is 207 Å². The van der Waals surface area contributed by atoms with Gasteiger partial charge in [0.2, 0.25) is 0 Å². The van der Waals surface area contributed by atoms with Crippen molar-refractivity contribution in [2.24, 2.45) is 40.7 Å². The topological polar surface area (TPSA) is 244 Å². The minimum atomic E-state index is -1.24. The van der Waals surface area contributed by atoms with Gasteiger partial charge in [-0.25, -0.2) is 0 Å². The van der Waals surface area contributed by atoms with E-state index in [2.05, 4.69) is 0 Å². The highest BCUT2D eigenvalue weighted by atomic mass is 16.5. The summed E-state index contributed by atoms with van der Waals surface area (Å²) in [5.41, 5.74) is 24.2. The monoisotopic (exact) mass is 508 g/mol. The first-order chi connectivity index (χ1) is 16.3. The van der Waals surface area contributed by atoms with E-state index in [4.69, 9.17) is 32.4 Å². The van der Waals surface area contributed by atoms with Gasteiger partial charge >= 0.3 is 0 Å². The second-order valence-electron chi connectivity index (χ2n) is 10.7. The minimum absolute atomic E-state index is 0.151. The number of hydrogen-bond donors (Lipinski definition) is 10. The summed E-state index contributed by atoms with van der Waals surface area (Å²) in [5, 5.41) is 61.6. The number of hydrogen-bond acceptors (Lipinski definition) is 12. The van der Waals surface area contributed by atoms with Crippen molar-refractivity contribution in [3.63, 3.8) is 0 Å². The number of aliphatic hydroxyl groups excluding tert-OH is 6. The average molecular weight is 509 g/mol. The van der Waals surface area contributed by atoms with E-state index in [9.17, 15) is 30.6 Å². The van der Waals surface area contributed by atoms with E-state index in [0.29, 0.717) is 19.3 Å². The van der Waals surface area contributed by atoms with Crippen LogP contribution in [0.15, 0.2) is 0 Å². The summed E-state index contributed by atoms with van der Waals surface area (Å²) < 4.78 is 11.6. The Morgan fingerprint density at radius 1 is 0.714 bits per heavy atom. The molecular formula is C23H48N4O8. The van der Waals surface area contributed by atoms with Crippen molar-refractivity contribution in [3.8, 4) is 0 Å². The van der Waals surface area contributed by atoms with Crippen molar-refractivity contribution in [3.05, 3.63) is 0 Å². The van der Waals surface area contributed by atoms with Crippen LogP contribution in [0.1, 0.15) is 40.0 Å². The lowest BCUT2D eigenvalue weighted by Gasteiger charge is -2.47. The summed E-state index contributed by atoms with van der Waals surface area (Å²) in [7, 11) is 0. The molecule has 2 aliphatic rings. The van der Waals surface area contributed by atoms with Crippen LogP contribution < -0.4 is 22.9 Å². The van der Waals surface area contributed by atoms with Gasteiger partial charge in [-0.3, -0.25) is 0 Å². The zero-order valence-corrected chi connectivity index (χ0v) is 21.0. The van der Waals surface area contributed by atoms with Gasteiger partial charge < -0.3 is 63.0 Å². The molecule has 0 radical (unpaired) electrons. The third-order valence-corrected chi connectivity index (χ3v) is 8.03. The first-order valence-electron chi connectivity index (χ1n) is 12.6. The molecule has 208 valence electrons. The first-order valence-corrected chi connectivity index (χ1v) is 12.6. The van der Waals surface area contributed by atoms with Gasteiger partial charge in [0.25, 0.3) is 0 Å². The van der Waals surface area contributed by atoms with E-state index in [1.54, 1.807) is 13.8 Å². The molecule has 12 nitrogen and oxygen atoms in total. The molecule has 0 aromatic carbocycles. The van der Waals surface area contributed by atoms with Gasteiger partial charge in [0.15, 0.2) is 0 Å². The predicted molar refractivity (Wildman–Crippen MR) is 129 cm³/mol. The molecule has 0 saturated heterocycles. The van der Waals surface area contributed by atoms with Crippen LogP contribution in [0.4, 0.5) is 0 Å². The Bertz CT molecular complexity index is 636. The largest absolute Gasteiger partial charge is 0.395 e. The predicted octanol–water partition coefficient (Wildman–Crippen LogP) is -3.66. The Balaban J connectivity index is 2.00. The Morgan fingerprint density at radius 2 is 1.14 bits per heavy atom. The van der Waals surface area contributed by atoms with E-state index in [-0.39, 0.29) is 31.0 Å². The normalized spacial score (nSPS) is 42.8. The van der Waals surface area contributed by atoms with Crippen molar-refractivity contribution in [2.75, 3.05) is 13.2 Å². The van der Waals surface area contributed by atoms with Gasteiger partial charge in [-0.15, -0.1) is 0 Å². The zero-order chi connectivity index (χ0) is 26.6. The molecule has 14 N–H and O–H groups in total. The van der Waals surface area contributed by atoms with E-state index in [1.165, 1.54) is 0 Å². The van der Waals surface area contributed by atoms with Gasteiger partial charge in [-0.05, 0) is 50.9 Å². The fraction of sp³-hybridized carbons (Fsp3) is 1.00. The smallest absolute Gasteiger partial charge is 0.108 e. The van der Waals surface area contributed by atoms with Crippen molar-refractivity contribution < 1.29 is 40.1 Å². The van der Waals surface area contributed by atoms with Crippen LogP contribution in [0.3, 0.4) is 0 Å². The summed E-state index contributed by atoms with van der Waals surface area (Å²) in [6.45, 7) is 4.70. The van der Waals surface area contributed by atoms with Gasteiger partial charge in [0, 0.05) is 12.1 Å². The summed E-state index contributed by atoms with van der Waals surface area (Å²) >= 11 is 0. The molecule has 12 heteroatoms. The van der Waals surface area contributed by atoms with Crippen LogP contribution >= 0.6 is 0 Å². The highest BCUT2D eigenvalue weighted by Gasteiger charge is 2.48. The summed E-state index contributed by atoms with van der Waals surface area (Å²) in [5.74, 6) is -0.866. The van der Waals surface area contributed by atoms with Crippen molar-refractivity contribution in [1.82, 2.24) is 0 Å². The Morgan fingerprint density at radius 3 is 1.60 bits per heavy atom. The average Bonchev–Trinajstić information content (AvgIpc) is 2.83. The lowest BCUT2D eigenvalue weighted by molar-refractivity contribution is -0.175. The first kappa shape index (κ1) is 30.7. The molecule has 0 aliphatic heterocycles. The molecule has 0 aromatic rings. The molecule has 15 atom stereocenters. The molecular weight excluding hydrogens is 460 g/mol. The van der Waals surface area contributed by atoms with Crippen LogP contribution in [0, 0.1) is 17.8 Å². The number of rotatable bonds is 11. The molecule has 0 aromatic heterocycles. The molecule has 2 fully saturated rings. The van der Waals surface area contributed by atoms with E-state index >= 15 is 0 Å². The lowest BCUT2D eigenvalue weighted by atomic mass is 9.68. The maximum absolute atomic E-state index is 10.9. The third kappa shape index (κ3) is 7.30. The summed E-state index contributed by atoms with van der Waals surface area (Å²) in [4.78, 5) is 0. The second-order valence-corrected chi connectivity index (χ2v) is 10.7. The summed E-state index contributed by atoms with van der Waals surface area (Å²) in [6.07, 6.45) is -6.24. The maximum Gasteiger partial charge on any atom is 0.108 e. The Kier molecular flexibility index (Phi) is 11.7. The molecule has 0 spiro atoms. The highest BCUT2D eigenvalue weighted by Crippen LogP contribution is 2.39. The summed E-state index contributed by atoms with van der Waals surface area (Å²) in [6, 6.07) is -2.39. The number of nitrogens with two attached hydrogens (primary N) is 4. The van der Waals surface area contributed by atoms with E-state index in [1.807, 2.05) is 6.92 Å². The van der Waals surface area contributed by atoms with E-state index < -0.39 is 73.0 Å². The van der Waals surface area contributed by atoms with E-state index in [0.717, 1.165) is 0 Å². The molecule has 15 unspecified atom stereocenters. The fourth-order valence-electron chi connectivity index (χ4n) is 5.45. The standard InChI is InChI=1S/C23H48N4O8/c1-9(13-6-15(25)23(21(33)19(13)31)35-11(3)17(27)8-29)4-12-5-14(24)22(20(32)18(12)30)34-10(2)16(26)7-28/h9-23,28-33H,4-8,24-27H2,1-3H3. The molecule has 2 rings (SSSR count). The van der Waals surface area contributed by atoms with Gasteiger partial charge in [-0.2, -0.15) is 0 Å². The fourth-order valence-corrected chi connectivity index (χ4v) is 5.45. The lowest BCUT2D eigenvalue weighted by Crippen LogP contribution is -2.61. The Hall–Kier alpha value is -0.480. The molecule has 35 heavy (non-hydrogen) atoms.